The fourth-order valence-corrected chi connectivity index (χ4v) is 7.52. The number of aryl methyl sites for hydroxylation is 2. The van der Waals surface area contributed by atoms with E-state index < -0.39 is 5.97 Å². The molecule has 0 amide bonds. The molecule has 0 fully saturated rings. The summed E-state index contributed by atoms with van der Waals surface area (Å²) in [4.78, 5) is 37.7. The first-order chi connectivity index (χ1) is 20.8. The number of halogens is 1. The molecule has 1 aliphatic carbocycles. The fourth-order valence-electron chi connectivity index (χ4n) is 6.17. The van der Waals surface area contributed by atoms with Gasteiger partial charge in [0.25, 0.3) is 5.56 Å². The number of pyridine rings is 1. The predicted octanol–water partition coefficient (Wildman–Crippen LogP) is 5.35. The van der Waals surface area contributed by atoms with Crippen LogP contribution in [0.3, 0.4) is 0 Å². The van der Waals surface area contributed by atoms with Crippen LogP contribution in [0.4, 0.5) is 5.69 Å². The molecule has 43 heavy (non-hydrogen) atoms. The Morgan fingerprint density at radius 2 is 2.07 bits per heavy atom. The van der Waals surface area contributed by atoms with E-state index in [0.717, 1.165) is 53.1 Å². The minimum atomic E-state index is -0.942. The molecule has 6 rings (SSSR count). The number of anilines is 1. The first-order valence-electron chi connectivity index (χ1n) is 14.3. The van der Waals surface area contributed by atoms with Crippen molar-refractivity contribution >= 4 is 34.6 Å². The Labute approximate surface area is 259 Å². The molecule has 220 valence electrons. The number of aromatic nitrogens is 3. The van der Waals surface area contributed by atoms with Gasteiger partial charge in [0.05, 0.1) is 23.5 Å². The van der Waals surface area contributed by atoms with Gasteiger partial charge >= 0.3 is 5.97 Å². The number of carboxylic acid groups (broad SMARTS) is 1. The fraction of sp³-hybridized carbons (Fsp3) is 0.333. The van der Waals surface area contributed by atoms with Crippen molar-refractivity contribution in [3.05, 3.63) is 108 Å². The molecule has 0 radical (unpaired) electrons. The van der Waals surface area contributed by atoms with Crippen LogP contribution in [0.1, 0.15) is 67.8 Å². The Morgan fingerprint density at radius 1 is 1.26 bits per heavy atom. The van der Waals surface area contributed by atoms with Crippen molar-refractivity contribution in [3.63, 3.8) is 0 Å². The van der Waals surface area contributed by atoms with Crippen molar-refractivity contribution in [2.45, 2.75) is 57.7 Å². The lowest BCUT2D eigenvalue weighted by Gasteiger charge is -2.32. The second kappa shape index (κ2) is 12.3. The summed E-state index contributed by atoms with van der Waals surface area (Å²) in [6.45, 7) is 3.55. The second-order valence-corrected chi connectivity index (χ2v) is 12.5. The molecule has 8 nitrogen and oxygen atoms in total. The Bertz CT molecular complexity index is 1810. The largest absolute Gasteiger partial charge is 0.478 e. The first-order valence-corrected chi connectivity index (χ1v) is 15.6. The van der Waals surface area contributed by atoms with Gasteiger partial charge in [0.15, 0.2) is 0 Å². The minimum Gasteiger partial charge on any atom is -0.478 e. The zero-order chi connectivity index (χ0) is 30.1. The summed E-state index contributed by atoms with van der Waals surface area (Å²) in [6, 6.07) is 9.94. The molecule has 2 atom stereocenters. The van der Waals surface area contributed by atoms with Crippen molar-refractivity contribution < 1.29 is 9.90 Å². The zero-order valence-corrected chi connectivity index (χ0v) is 25.6. The molecule has 10 heteroatoms. The highest BCUT2D eigenvalue weighted by atomic mass is 35.5. The van der Waals surface area contributed by atoms with E-state index in [1.807, 2.05) is 37.3 Å². The molecule has 0 saturated carbocycles. The molecule has 2 N–H and O–H groups in total. The number of benzene rings is 1. The predicted molar refractivity (Wildman–Crippen MR) is 169 cm³/mol. The maximum Gasteiger partial charge on any atom is 0.338 e. The average Bonchev–Trinajstić information content (AvgIpc) is 3.45. The third-order valence-corrected chi connectivity index (χ3v) is 9.78. The van der Waals surface area contributed by atoms with E-state index in [4.69, 9.17) is 16.6 Å². The van der Waals surface area contributed by atoms with Crippen molar-refractivity contribution in [2.75, 3.05) is 18.9 Å². The number of hydrogen-bond donors (Lipinski definition) is 2. The minimum absolute atomic E-state index is 0.0158. The smallest absolute Gasteiger partial charge is 0.338 e. The van der Waals surface area contributed by atoms with Crippen LogP contribution in [0.15, 0.2) is 52.9 Å². The van der Waals surface area contributed by atoms with Crippen LogP contribution >= 0.6 is 22.9 Å². The van der Waals surface area contributed by atoms with Gasteiger partial charge in [-0.15, -0.1) is 11.3 Å². The van der Waals surface area contributed by atoms with E-state index in [1.165, 1.54) is 16.9 Å². The van der Waals surface area contributed by atoms with Crippen LogP contribution in [0.2, 0.25) is 5.02 Å². The Morgan fingerprint density at radius 3 is 2.86 bits per heavy atom. The van der Waals surface area contributed by atoms with E-state index >= 15 is 0 Å². The van der Waals surface area contributed by atoms with Crippen LogP contribution in [0, 0.1) is 18.8 Å². The molecule has 2 unspecified atom stereocenters. The number of nitrogens with one attached hydrogen (secondary N) is 1. The van der Waals surface area contributed by atoms with Gasteiger partial charge in [-0.1, -0.05) is 23.4 Å². The van der Waals surface area contributed by atoms with E-state index in [9.17, 15) is 14.7 Å². The molecular formula is C33H32ClN5O3S. The second-order valence-electron chi connectivity index (χ2n) is 11.1. The summed E-state index contributed by atoms with van der Waals surface area (Å²) in [5.41, 5.74) is 5.63. The molecule has 0 saturated heterocycles. The van der Waals surface area contributed by atoms with Gasteiger partial charge in [-0.2, -0.15) is 0 Å². The molecule has 1 aromatic carbocycles. The maximum atomic E-state index is 13.7. The van der Waals surface area contributed by atoms with Crippen LogP contribution < -0.4 is 10.9 Å². The topological polar surface area (TPSA) is 100 Å². The quantitative estimate of drug-likeness (QED) is 0.283. The first kappa shape index (κ1) is 29.1. The van der Waals surface area contributed by atoms with Crippen molar-refractivity contribution in [1.29, 1.82) is 0 Å². The number of nitrogens with zero attached hydrogens (tertiary/aromatic N) is 4. The van der Waals surface area contributed by atoms with Crippen molar-refractivity contribution in [3.8, 4) is 11.8 Å². The van der Waals surface area contributed by atoms with E-state index in [0.29, 0.717) is 35.1 Å². The van der Waals surface area contributed by atoms with E-state index in [2.05, 4.69) is 34.1 Å². The summed E-state index contributed by atoms with van der Waals surface area (Å²) in [5, 5.41) is 15.2. The van der Waals surface area contributed by atoms with E-state index in [1.54, 1.807) is 22.3 Å². The summed E-state index contributed by atoms with van der Waals surface area (Å²) >= 11 is 7.87. The molecule has 0 spiro atoms. The number of aromatic carboxylic acids is 1. The summed E-state index contributed by atoms with van der Waals surface area (Å²) in [5.74, 6) is 6.23. The van der Waals surface area contributed by atoms with Crippen molar-refractivity contribution in [2.24, 2.45) is 0 Å². The number of carboxylic acids is 1. The van der Waals surface area contributed by atoms with Gasteiger partial charge < -0.3 is 10.4 Å². The Kier molecular flexibility index (Phi) is 8.35. The van der Waals surface area contributed by atoms with Gasteiger partial charge in [0.1, 0.15) is 5.82 Å². The average molecular weight is 614 g/mol. The lowest BCUT2D eigenvalue weighted by molar-refractivity contribution is 0.0698. The molecule has 2 aliphatic rings. The number of fused-ring (bicyclic) bond motifs is 2. The zero-order valence-electron chi connectivity index (χ0n) is 24.1. The highest BCUT2D eigenvalue weighted by molar-refractivity contribution is 7.11. The lowest BCUT2D eigenvalue weighted by atomic mass is 9.87. The van der Waals surface area contributed by atoms with Crippen molar-refractivity contribution in [1.82, 2.24) is 19.4 Å². The third-order valence-electron chi connectivity index (χ3n) is 8.45. The van der Waals surface area contributed by atoms with E-state index in [-0.39, 0.29) is 24.1 Å². The van der Waals surface area contributed by atoms with Gasteiger partial charge in [0, 0.05) is 63.8 Å². The highest BCUT2D eigenvalue weighted by Crippen LogP contribution is 2.44. The molecule has 1 aliphatic heterocycles. The molecule has 0 bridgehead atoms. The van der Waals surface area contributed by atoms with Crippen LogP contribution in [0.25, 0.3) is 0 Å². The van der Waals surface area contributed by atoms with Gasteiger partial charge in [-0.3, -0.25) is 19.2 Å². The molecular weight excluding hydrogens is 582 g/mol. The Hall–Kier alpha value is -3.97. The summed E-state index contributed by atoms with van der Waals surface area (Å²) < 4.78 is 1.67. The van der Waals surface area contributed by atoms with Crippen LogP contribution in [0.5, 0.6) is 0 Å². The number of carbonyl (C=O) groups is 1. The van der Waals surface area contributed by atoms with Gasteiger partial charge in [-0.25, -0.2) is 9.78 Å². The van der Waals surface area contributed by atoms with Crippen LogP contribution in [-0.4, -0.2) is 50.1 Å². The number of hydrogen-bond acceptors (Lipinski definition) is 7. The normalized spacial score (nSPS) is 17.4. The molecule has 3 aromatic heterocycles. The maximum absolute atomic E-state index is 13.7. The number of rotatable bonds is 6. The SMILES string of the molecule is Cc1nc2c(c(=O)n1CC#Cc1ccc(Cl)cc1C1CCNc3c(C(=O)O)csc31)CC(N(C)Cc1ccncc1)CC2. The number of likely N-dealkylation sites (N-methyl/N-ethyl adjacent to an activating group) is 1. The molecule has 4 aromatic rings. The molecule has 4 heterocycles. The monoisotopic (exact) mass is 613 g/mol. The Balaban J connectivity index is 1.25. The lowest BCUT2D eigenvalue weighted by Crippen LogP contribution is -2.40. The number of thiophene rings is 1. The van der Waals surface area contributed by atoms with Crippen LogP contribution in [-0.2, 0) is 25.9 Å². The third kappa shape index (κ3) is 5.96. The summed E-state index contributed by atoms with van der Waals surface area (Å²) in [6.07, 6.45) is 6.81. The summed E-state index contributed by atoms with van der Waals surface area (Å²) in [7, 11) is 2.11. The van der Waals surface area contributed by atoms with Gasteiger partial charge in [0.2, 0.25) is 0 Å². The van der Waals surface area contributed by atoms with Gasteiger partial charge in [-0.05, 0) is 81.1 Å². The standard InChI is InChI=1S/C33H32ClN5O3S/c1-20-37-29-8-7-24(38(2)18-21-9-12-35-13-10-21)17-27(29)32(40)39(20)15-3-4-22-5-6-23(34)16-26(22)25-11-14-36-30-28(33(41)42)19-43-31(25)30/h5-6,9-10,12-13,16,19,24-25,36H,7-8,11,14-15,17-18H2,1-2H3,(H,41,42). The highest BCUT2D eigenvalue weighted by Gasteiger charge is 2.30.